The molecule has 0 aliphatic carbocycles. The third kappa shape index (κ3) is 5.52. The Balaban J connectivity index is 1.74. The smallest absolute Gasteiger partial charge is 0.136 e. The van der Waals surface area contributed by atoms with Gasteiger partial charge in [-0.1, -0.05) is 42.5 Å². The summed E-state index contributed by atoms with van der Waals surface area (Å²) in [7, 11) is 1.98. The van der Waals surface area contributed by atoms with Crippen LogP contribution in [-0.4, -0.2) is 18.8 Å². The van der Waals surface area contributed by atoms with E-state index in [1.54, 1.807) is 17.8 Å². The lowest BCUT2D eigenvalue weighted by Crippen LogP contribution is -2.27. The average Bonchev–Trinajstić information content (AvgIpc) is 2.53. The molecule has 1 N–H and O–H groups in total. The maximum Gasteiger partial charge on any atom is 0.136 e. The first-order chi connectivity index (χ1) is 10.3. The summed E-state index contributed by atoms with van der Waals surface area (Å²) < 4.78 is 13.6. The lowest BCUT2D eigenvalue weighted by atomic mass is 10.1. The second-order valence-corrected chi connectivity index (χ2v) is 6.17. The molecule has 0 radical (unpaired) electrons. The molecule has 3 heteroatoms. The van der Waals surface area contributed by atoms with Gasteiger partial charge in [0.05, 0.1) is 0 Å². The monoisotopic (exact) mass is 303 g/mol. The summed E-state index contributed by atoms with van der Waals surface area (Å²) in [5, 5.41) is 3.33. The summed E-state index contributed by atoms with van der Waals surface area (Å²) >= 11 is 1.59. The number of thioether (sulfide) groups is 1. The lowest BCUT2D eigenvalue weighted by molar-refractivity contribution is 0.548. The van der Waals surface area contributed by atoms with E-state index in [0.717, 1.165) is 29.9 Å². The van der Waals surface area contributed by atoms with E-state index in [9.17, 15) is 4.39 Å². The van der Waals surface area contributed by atoms with Gasteiger partial charge in [0.2, 0.25) is 0 Å². The Bertz CT molecular complexity index is 530. The van der Waals surface area contributed by atoms with Gasteiger partial charge in [-0.15, -0.1) is 11.8 Å². The summed E-state index contributed by atoms with van der Waals surface area (Å²) in [6.45, 7) is 0. The molecule has 1 nitrogen and oxygen atoms in total. The van der Waals surface area contributed by atoms with Crippen molar-refractivity contribution in [2.45, 2.75) is 30.2 Å². The summed E-state index contributed by atoms with van der Waals surface area (Å²) in [6.07, 6.45) is 3.35. The van der Waals surface area contributed by atoms with E-state index in [1.807, 2.05) is 25.2 Å². The van der Waals surface area contributed by atoms with E-state index in [1.165, 1.54) is 11.6 Å². The number of hydrogen-bond acceptors (Lipinski definition) is 2. The average molecular weight is 303 g/mol. The van der Waals surface area contributed by atoms with Crippen LogP contribution in [0.4, 0.5) is 4.39 Å². The Morgan fingerprint density at radius 2 is 1.76 bits per heavy atom. The van der Waals surface area contributed by atoms with Crippen LogP contribution >= 0.6 is 11.8 Å². The number of aryl methyl sites for hydroxylation is 1. The van der Waals surface area contributed by atoms with Crippen LogP contribution in [0.1, 0.15) is 18.4 Å². The maximum atomic E-state index is 13.6. The first-order valence-corrected chi connectivity index (χ1v) is 8.36. The Morgan fingerprint density at radius 1 is 1.05 bits per heavy atom. The SMILES string of the molecule is CNC(CCCc1ccccc1)CSc1ccccc1F. The van der Waals surface area contributed by atoms with Crippen LogP contribution in [0.3, 0.4) is 0 Å². The molecule has 2 aromatic carbocycles. The van der Waals surface area contributed by atoms with Crippen molar-refractivity contribution in [3.05, 3.63) is 66.0 Å². The fraction of sp³-hybridized carbons (Fsp3) is 0.333. The highest BCUT2D eigenvalue weighted by Crippen LogP contribution is 2.22. The van der Waals surface area contributed by atoms with E-state index in [2.05, 4.69) is 29.6 Å². The number of rotatable bonds is 8. The third-order valence-electron chi connectivity index (χ3n) is 3.55. The van der Waals surface area contributed by atoms with Crippen LogP contribution < -0.4 is 5.32 Å². The van der Waals surface area contributed by atoms with Gasteiger partial charge in [0.1, 0.15) is 5.82 Å². The number of hydrogen-bond donors (Lipinski definition) is 1. The molecule has 0 amide bonds. The molecule has 0 fully saturated rings. The van der Waals surface area contributed by atoms with Gasteiger partial charge >= 0.3 is 0 Å². The Hall–Kier alpha value is -1.32. The molecule has 0 saturated heterocycles. The van der Waals surface area contributed by atoms with Gasteiger partial charge in [-0.05, 0) is 44.0 Å². The summed E-state index contributed by atoms with van der Waals surface area (Å²) in [4.78, 5) is 0.737. The molecular formula is C18H22FNS. The zero-order valence-corrected chi connectivity index (χ0v) is 13.2. The quantitative estimate of drug-likeness (QED) is 0.719. The summed E-state index contributed by atoms with van der Waals surface area (Å²) in [5.41, 5.74) is 1.38. The second kappa shape index (κ2) is 8.85. The zero-order valence-electron chi connectivity index (χ0n) is 12.4. The highest BCUT2D eigenvalue weighted by molar-refractivity contribution is 7.99. The first kappa shape index (κ1) is 16.1. The second-order valence-electron chi connectivity index (χ2n) is 5.10. The number of benzene rings is 2. The van der Waals surface area contributed by atoms with Gasteiger partial charge in [0.15, 0.2) is 0 Å². The lowest BCUT2D eigenvalue weighted by Gasteiger charge is -2.16. The van der Waals surface area contributed by atoms with Crippen molar-refractivity contribution in [1.82, 2.24) is 5.32 Å². The Kier molecular flexibility index (Phi) is 6.77. The van der Waals surface area contributed by atoms with Gasteiger partial charge < -0.3 is 5.32 Å². The minimum absolute atomic E-state index is 0.123. The molecule has 0 spiro atoms. The van der Waals surface area contributed by atoms with E-state index in [4.69, 9.17) is 0 Å². The van der Waals surface area contributed by atoms with Gasteiger partial charge in [-0.3, -0.25) is 0 Å². The minimum Gasteiger partial charge on any atom is -0.316 e. The molecule has 0 heterocycles. The molecule has 0 aromatic heterocycles. The fourth-order valence-corrected chi connectivity index (χ4v) is 3.36. The minimum atomic E-state index is -0.123. The van der Waals surface area contributed by atoms with E-state index in [0.29, 0.717) is 6.04 Å². The van der Waals surface area contributed by atoms with Crippen molar-refractivity contribution in [1.29, 1.82) is 0 Å². The van der Waals surface area contributed by atoms with Gasteiger partial charge in [0.25, 0.3) is 0 Å². The number of nitrogens with one attached hydrogen (secondary N) is 1. The molecule has 112 valence electrons. The van der Waals surface area contributed by atoms with Crippen molar-refractivity contribution in [3.63, 3.8) is 0 Å². The normalized spacial score (nSPS) is 12.3. The zero-order chi connectivity index (χ0) is 14.9. The molecule has 21 heavy (non-hydrogen) atoms. The van der Waals surface area contributed by atoms with Crippen LogP contribution in [0, 0.1) is 5.82 Å². The fourth-order valence-electron chi connectivity index (χ4n) is 2.26. The van der Waals surface area contributed by atoms with Crippen molar-refractivity contribution in [2.24, 2.45) is 0 Å². The van der Waals surface area contributed by atoms with E-state index in [-0.39, 0.29) is 5.82 Å². The Labute approximate surface area is 131 Å². The Morgan fingerprint density at radius 3 is 2.48 bits per heavy atom. The van der Waals surface area contributed by atoms with Gasteiger partial charge in [-0.25, -0.2) is 4.39 Å². The summed E-state index contributed by atoms with van der Waals surface area (Å²) in [5.74, 6) is 0.772. The summed E-state index contributed by atoms with van der Waals surface area (Å²) in [6, 6.07) is 17.9. The molecule has 0 aliphatic heterocycles. The van der Waals surface area contributed by atoms with Crippen molar-refractivity contribution < 1.29 is 4.39 Å². The molecule has 0 bridgehead atoms. The molecule has 1 atom stereocenters. The highest BCUT2D eigenvalue weighted by atomic mass is 32.2. The molecule has 2 aromatic rings. The third-order valence-corrected chi connectivity index (χ3v) is 4.76. The predicted molar refractivity (Wildman–Crippen MR) is 89.4 cm³/mol. The van der Waals surface area contributed by atoms with Crippen LogP contribution in [0.5, 0.6) is 0 Å². The predicted octanol–water partition coefficient (Wildman–Crippen LogP) is 4.53. The van der Waals surface area contributed by atoms with E-state index >= 15 is 0 Å². The van der Waals surface area contributed by atoms with Gasteiger partial charge in [-0.2, -0.15) is 0 Å². The van der Waals surface area contributed by atoms with Crippen molar-refractivity contribution in [2.75, 3.05) is 12.8 Å². The van der Waals surface area contributed by atoms with Crippen LogP contribution in [-0.2, 0) is 6.42 Å². The highest BCUT2D eigenvalue weighted by Gasteiger charge is 2.09. The molecule has 2 rings (SSSR count). The van der Waals surface area contributed by atoms with Crippen molar-refractivity contribution >= 4 is 11.8 Å². The maximum absolute atomic E-state index is 13.6. The van der Waals surface area contributed by atoms with E-state index < -0.39 is 0 Å². The van der Waals surface area contributed by atoms with Crippen molar-refractivity contribution in [3.8, 4) is 0 Å². The molecular weight excluding hydrogens is 281 g/mol. The largest absolute Gasteiger partial charge is 0.316 e. The van der Waals surface area contributed by atoms with Crippen LogP contribution in [0.15, 0.2) is 59.5 Å². The first-order valence-electron chi connectivity index (χ1n) is 7.38. The topological polar surface area (TPSA) is 12.0 Å². The molecule has 0 saturated carbocycles. The van der Waals surface area contributed by atoms with Crippen LogP contribution in [0.2, 0.25) is 0 Å². The standard InChI is InChI=1S/C18H22FNS/c1-20-16(11-7-10-15-8-3-2-4-9-15)14-21-18-13-6-5-12-17(18)19/h2-6,8-9,12-13,16,20H,7,10-11,14H2,1H3. The van der Waals surface area contributed by atoms with Crippen LogP contribution in [0.25, 0.3) is 0 Å². The number of halogens is 1. The molecule has 1 unspecified atom stereocenters. The van der Waals surface area contributed by atoms with Gasteiger partial charge in [0, 0.05) is 16.7 Å². The molecule has 0 aliphatic rings.